The molecule has 0 saturated carbocycles. The highest BCUT2D eigenvalue weighted by Gasteiger charge is 2.16. The molecule has 0 aromatic heterocycles. The van der Waals surface area contributed by atoms with Crippen LogP contribution in [0.5, 0.6) is 0 Å². The first kappa shape index (κ1) is 14.1. The zero-order valence-corrected chi connectivity index (χ0v) is 11.1. The average molecular weight is 220 g/mol. The third-order valence-corrected chi connectivity index (χ3v) is 4.16. The Labute approximate surface area is 89.6 Å². The highest BCUT2D eigenvalue weighted by Crippen LogP contribution is 2.10. The average Bonchev–Trinajstić information content (AvgIpc) is 2.22. The Kier molecular flexibility index (Phi) is 9.71. The van der Waals surface area contributed by atoms with Crippen molar-refractivity contribution >= 4 is 9.28 Å². The van der Waals surface area contributed by atoms with Crippen molar-refractivity contribution in [3.05, 3.63) is 0 Å². The maximum Gasteiger partial charge on any atom is 0.323 e. The molecule has 0 N–H and O–H groups in total. The number of hydrogen-bond acceptors (Lipinski definition) is 3. The minimum absolute atomic E-state index is 0.0616. The molecule has 0 aliphatic carbocycles. The summed E-state index contributed by atoms with van der Waals surface area (Å²) in [6, 6.07) is 1.08. The molecule has 0 heterocycles. The van der Waals surface area contributed by atoms with Crippen LogP contribution in [0.25, 0.3) is 0 Å². The summed E-state index contributed by atoms with van der Waals surface area (Å²) in [6.45, 7) is 4.31. The number of ether oxygens (including phenoxy) is 1. The van der Waals surface area contributed by atoms with Gasteiger partial charge in [-0.15, -0.1) is 0 Å². The number of rotatable bonds is 9. The van der Waals surface area contributed by atoms with E-state index in [9.17, 15) is 0 Å². The second-order valence-electron chi connectivity index (χ2n) is 3.40. The minimum Gasteiger partial charge on any atom is -0.400 e. The largest absolute Gasteiger partial charge is 0.400 e. The molecule has 2 atom stereocenters. The third-order valence-electron chi connectivity index (χ3n) is 2.15. The van der Waals surface area contributed by atoms with Gasteiger partial charge in [0.25, 0.3) is 0 Å². The first-order valence-electron chi connectivity index (χ1n) is 5.49. The Hall–Kier alpha value is 0.0969. The van der Waals surface area contributed by atoms with Gasteiger partial charge in [0.15, 0.2) is 0 Å². The van der Waals surface area contributed by atoms with E-state index in [0.29, 0.717) is 0 Å². The summed E-state index contributed by atoms with van der Waals surface area (Å²) < 4.78 is 16.4. The van der Waals surface area contributed by atoms with Gasteiger partial charge in [-0.05, 0) is 12.5 Å². The van der Waals surface area contributed by atoms with E-state index in [2.05, 4.69) is 13.8 Å². The molecule has 0 rings (SSSR count). The Bertz CT molecular complexity index is 122. The summed E-state index contributed by atoms with van der Waals surface area (Å²) in [5, 5.41) is 0. The Morgan fingerprint density at radius 1 is 1.14 bits per heavy atom. The van der Waals surface area contributed by atoms with Crippen molar-refractivity contribution in [2.45, 2.75) is 51.9 Å². The van der Waals surface area contributed by atoms with Gasteiger partial charge < -0.3 is 13.6 Å². The van der Waals surface area contributed by atoms with Crippen molar-refractivity contribution in [3.63, 3.8) is 0 Å². The quantitative estimate of drug-likeness (QED) is 0.441. The molecule has 0 bridgehead atoms. The summed E-state index contributed by atoms with van der Waals surface area (Å²) in [6.07, 6.45) is 4.36. The predicted molar refractivity (Wildman–Crippen MR) is 60.7 cm³/mol. The summed E-state index contributed by atoms with van der Waals surface area (Å²) in [4.78, 5) is 0. The van der Waals surface area contributed by atoms with Gasteiger partial charge in [-0.1, -0.05) is 33.1 Å². The Balaban J connectivity index is 3.75. The normalized spacial score (nSPS) is 15.4. The van der Waals surface area contributed by atoms with Gasteiger partial charge in [0.05, 0.1) is 0 Å². The van der Waals surface area contributed by atoms with Crippen molar-refractivity contribution in [1.82, 2.24) is 0 Å². The zero-order valence-electron chi connectivity index (χ0n) is 9.91. The Morgan fingerprint density at radius 2 is 1.86 bits per heavy atom. The van der Waals surface area contributed by atoms with Gasteiger partial charge in [0.2, 0.25) is 0 Å². The summed E-state index contributed by atoms with van der Waals surface area (Å²) in [5.41, 5.74) is 0. The maximum absolute atomic E-state index is 5.79. The molecule has 0 aromatic rings. The molecule has 0 amide bonds. The lowest BCUT2D eigenvalue weighted by Crippen LogP contribution is -2.29. The third kappa shape index (κ3) is 6.54. The zero-order chi connectivity index (χ0) is 10.8. The molecule has 4 heteroatoms. The lowest BCUT2D eigenvalue weighted by atomic mass is 10.3. The van der Waals surface area contributed by atoms with Crippen LogP contribution in [0.2, 0.25) is 6.04 Å². The van der Waals surface area contributed by atoms with Crippen LogP contribution in [-0.4, -0.2) is 29.8 Å². The maximum atomic E-state index is 5.79. The summed E-state index contributed by atoms with van der Waals surface area (Å²) in [7, 11) is 1.97. The molecule has 0 saturated heterocycles. The van der Waals surface area contributed by atoms with Crippen molar-refractivity contribution in [2.24, 2.45) is 0 Å². The minimum atomic E-state index is -1.46. The van der Waals surface area contributed by atoms with Gasteiger partial charge in [-0.25, -0.2) is 0 Å². The van der Waals surface area contributed by atoms with Gasteiger partial charge in [-0.2, -0.15) is 0 Å². The fourth-order valence-electron chi connectivity index (χ4n) is 1.26. The van der Waals surface area contributed by atoms with E-state index in [1.165, 1.54) is 12.8 Å². The van der Waals surface area contributed by atoms with Crippen LogP contribution in [0, 0.1) is 0 Å². The van der Waals surface area contributed by atoms with Crippen molar-refractivity contribution in [3.8, 4) is 0 Å². The van der Waals surface area contributed by atoms with Crippen LogP contribution in [0.3, 0.4) is 0 Å². The van der Waals surface area contributed by atoms with Gasteiger partial charge in [-0.3, -0.25) is 0 Å². The molecular formula is C10H24O3Si. The smallest absolute Gasteiger partial charge is 0.323 e. The number of unbranched alkanes of at least 4 members (excludes halogenated alkanes) is 1. The number of hydrogen-bond donors (Lipinski definition) is 0. The standard InChI is InChI=1S/C10H24O3Si/c1-5-7-9-14(12-4)13-10(11-3)8-6-2/h10,14H,5-9H2,1-4H3. The van der Waals surface area contributed by atoms with E-state index in [-0.39, 0.29) is 6.29 Å². The van der Waals surface area contributed by atoms with Crippen molar-refractivity contribution in [2.75, 3.05) is 14.2 Å². The molecule has 0 radical (unpaired) electrons. The van der Waals surface area contributed by atoms with Gasteiger partial charge >= 0.3 is 9.28 Å². The van der Waals surface area contributed by atoms with Crippen molar-refractivity contribution < 1.29 is 13.6 Å². The molecule has 0 spiro atoms. The molecule has 2 unspecified atom stereocenters. The van der Waals surface area contributed by atoms with Gasteiger partial charge in [0, 0.05) is 14.2 Å². The fourth-order valence-corrected chi connectivity index (χ4v) is 3.07. The van der Waals surface area contributed by atoms with E-state index < -0.39 is 9.28 Å². The lowest BCUT2D eigenvalue weighted by molar-refractivity contribution is -0.0723. The van der Waals surface area contributed by atoms with E-state index in [1.54, 1.807) is 14.2 Å². The first-order chi connectivity index (χ1) is 6.78. The topological polar surface area (TPSA) is 27.7 Å². The monoisotopic (exact) mass is 220 g/mol. The second kappa shape index (κ2) is 9.64. The van der Waals surface area contributed by atoms with E-state index in [1.807, 2.05) is 0 Å². The number of methoxy groups -OCH3 is 1. The lowest BCUT2D eigenvalue weighted by Gasteiger charge is -2.21. The molecule has 0 aliphatic rings. The van der Waals surface area contributed by atoms with E-state index in [4.69, 9.17) is 13.6 Å². The van der Waals surface area contributed by atoms with E-state index >= 15 is 0 Å². The molecular weight excluding hydrogens is 196 g/mol. The van der Waals surface area contributed by atoms with Crippen LogP contribution in [0.4, 0.5) is 0 Å². The first-order valence-corrected chi connectivity index (χ1v) is 7.25. The highest BCUT2D eigenvalue weighted by molar-refractivity contribution is 6.44. The summed E-state index contributed by atoms with van der Waals surface area (Å²) >= 11 is 0. The SMILES string of the molecule is CCCC[SiH](OC)OC(CCC)OC. The van der Waals surface area contributed by atoms with Crippen molar-refractivity contribution in [1.29, 1.82) is 0 Å². The van der Waals surface area contributed by atoms with Crippen LogP contribution < -0.4 is 0 Å². The van der Waals surface area contributed by atoms with Crippen LogP contribution >= 0.6 is 0 Å². The fraction of sp³-hybridized carbons (Fsp3) is 1.00. The Morgan fingerprint density at radius 3 is 2.29 bits per heavy atom. The summed E-state index contributed by atoms with van der Waals surface area (Å²) in [5.74, 6) is 0. The molecule has 0 aromatic carbocycles. The van der Waals surface area contributed by atoms with Crippen LogP contribution in [-0.2, 0) is 13.6 Å². The van der Waals surface area contributed by atoms with Gasteiger partial charge in [0.1, 0.15) is 6.29 Å². The molecule has 0 fully saturated rings. The van der Waals surface area contributed by atoms with Crippen LogP contribution in [0.15, 0.2) is 0 Å². The highest BCUT2D eigenvalue weighted by atomic mass is 28.3. The van der Waals surface area contributed by atoms with Crippen LogP contribution in [0.1, 0.15) is 39.5 Å². The second-order valence-corrected chi connectivity index (χ2v) is 5.58. The molecule has 86 valence electrons. The predicted octanol–water partition coefficient (Wildman–Crippen LogP) is 2.44. The molecule has 3 nitrogen and oxygen atoms in total. The van der Waals surface area contributed by atoms with E-state index in [0.717, 1.165) is 18.9 Å². The molecule has 14 heavy (non-hydrogen) atoms. The molecule has 0 aliphatic heterocycles.